The maximum Gasteiger partial charge on any atom is 0.407 e. The fourth-order valence-corrected chi connectivity index (χ4v) is 5.88. The molecule has 526 valence electrons. The largest absolute Gasteiger partial charge is 0.481 e. The lowest BCUT2D eigenvalue weighted by Crippen LogP contribution is -2.34. The van der Waals surface area contributed by atoms with Crippen LogP contribution >= 0.6 is 0 Å². The fraction of sp³-hybridized carbons (Fsp3) is 0.881. The van der Waals surface area contributed by atoms with Crippen molar-refractivity contribution < 1.29 is 124 Å². The molecule has 0 aromatic rings. The van der Waals surface area contributed by atoms with Crippen molar-refractivity contribution in [1.29, 1.82) is 0 Å². The summed E-state index contributed by atoms with van der Waals surface area (Å²) >= 11 is 0. The van der Waals surface area contributed by atoms with Gasteiger partial charge >= 0.3 is 30.1 Å². The summed E-state index contributed by atoms with van der Waals surface area (Å²) in [5, 5.41) is 24.7. The van der Waals surface area contributed by atoms with Crippen molar-refractivity contribution in [2.45, 2.75) is 130 Å². The highest BCUT2D eigenvalue weighted by Crippen LogP contribution is 2.10. The molecule has 0 aromatic carbocycles. The molecule has 89 heavy (non-hydrogen) atoms. The predicted octanol–water partition coefficient (Wildman–Crippen LogP) is 3.52. The van der Waals surface area contributed by atoms with Crippen LogP contribution < -0.4 is 21.7 Å². The molecule has 30 nitrogen and oxygen atoms in total. The number of carbonyl (C=O) groups excluding carboxylic acids is 5. The van der Waals surface area contributed by atoms with Crippen LogP contribution in [0.1, 0.15) is 114 Å². The van der Waals surface area contributed by atoms with Gasteiger partial charge in [0.1, 0.15) is 22.6 Å². The number of carboxylic acid groups (broad SMARTS) is 2. The molecule has 3 amide bonds. The number of ketones is 1. The minimum Gasteiger partial charge on any atom is -0.481 e. The highest BCUT2D eigenvalue weighted by Gasteiger charge is 2.18. The first kappa shape index (κ1) is 88.7. The van der Waals surface area contributed by atoms with E-state index in [0.717, 1.165) is 0 Å². The first-order chi connectivity index (χ1) is 42.4. The average molecular weight is 1300 g/mol. The zero-order valence-corrected chi connectivity index (χ0v) is 55.1. The van der Waals surface area contributed by atoms with Gasteiger partial charge in [0, 0.05) is 65.1 Å². The number of nitrogens with one attached hydrogen (secondary N) is 3. The molecule has 0 aliphatic carbocycles. The van der Waals surface area contributed by atoms with E-state index in [0.29, 0.717) is 230 Å². The molecule has 0 heterocycles. The molecule has 0 bridgehead atoms. The second-order valence-electron chi connectivity index (χ2n) is 21.7. The van der Waals surface area contributed by atoms with Gasteiger partial charge in [-0.2, -0.15) is 0 Å². The first-order valence-corrected chi connectivity index (χ1v) is 30.5. The van der Waals surface area contributed by atoms with Gasteiger partial charge in [-0.3, -0.25) is 24.0 Å². The van der Waals surface area contributed by atoms with Crippen LogP contribution in [-0.4, -0.2) is 280 Å². The van der Waals surface area contributed by atoms with Crippen molar-refractivity contribution in [1.82, 2.24) is 16.0 Å². The summed E-state index contributed by atoms with van der Waals surface area (Å²) in [6, 6.07) is 0. The van der Waals surface area contributed by atoms with Crippen molar-refractivity contribution in [3.63, 3.8) is 0 Å². The summed E-state index contributed by atoms with van der Waals surface area (Å²) in [6.07, 6.45) is 1.67. The van der Waals surface area contributed by atoms with E-state index in [-0.39, 0.29) is 50.1 Å². The minimum atomic E-state index is -0.884. The lowest BCUT2D eigenvalue weighted by Gasteiger charge is -2.19. The Labute approximate surface area is 528 Å². The van der Waals surface area contributed by atoms with Gasteiger partial charge in [0.05, 0.1) is 185 Å². The third kappa shape index (κ3) is 85.6. The monoisotopic (exact) mass is 1290 g/mol. The maximum absolute atomic E-state index is 12.0. The number of carboxylic acids is 2. The van der Waals surface area contributed by atoms with Gasteiger partial charge in [-0.1, -0.05) is 0 Å². The number of Topliss-reactive ketones (excluding diaryl/α,β-unsaturated/α-hetero) is 1. The Balaban J connectivity index is -0.00000161. The molecule has 0 aliphatic rings. The quantitative estimate of drug-likeness (QED) is 0.0288. The average Bonchev–Trinajstić information content (AvgIpc) is 3.66. The van der Waals surface area contributed by atoms with E-state index >= 15 is 0 Å². The fourth-order valence-electron chi connectivity index (χ4n) is 5.88. The molecule has 30 heteroatoms. The SMILES string of the molecule is CC(C)(C)OC(=O)CCCOCCOCCNC(=O)CCOCCOCCOCCOCCC(=O)CCCOCCOCCNC(=O)OC(C)(C)C.CC(C)(C)OC(=O)NCCOCCOCCN.O=C(O)CCOCCOCCOCCOCCC(=O)O. The van der Waals surface area contributed by atoms with E-state index in [2.05, 4.69) is 16.0 Å². The molecule has 7 N–H and O–H groups in total. The molecule has 0 aromatic heterocycles. The minimum absolute atomic E-state index is 0.00894. The maximum atomic E-state index is 12.0. The lowest BCUT2D eigenvalue weighted by atomic mass is 10.2. The van der Waals surface area contributed by atoms with Gasteiger partial charge in [0.25, 0.3) is 0 Å². The molecule has 0 spiro atoms. The van der Waals surface area contributed by atoms with Crippen molar-refractivity contribution in [3.8, 4) is 0 Å². The van der Waals surface area contributed by atoms with Crippen LogP contribution in [-0.2, 0) is 104 Å². The van der Waals surface area contributed by atoms with Crippen molar-refractivity contribution >= 4 is 41.8 Å². The zero-order valence-electron chi connectivity index (χ0n) is 55.1. The summed E-state index contributed by atoms with van der Waals surface area (Å²) in [4.78, 5) is 78.5. The number of esters is 1. The molecule has 0 fully saturated rings. The van der Waals surface area contributed by atoms with E-state index in [1.165, 1.54) is 0 Å². The summed E-state index contributed by atoms with van der Waals surface area (Å²) in [6.45, 7) is 29.1. The number of amides is 3. The number of hydrogen-bond donors (Lipinski definition) is 6. The molecule has 0 aliphatic heterocycles. The van der Waals surface area contributed by atoms with Crippen LogP contribution in [0.2, 0.25) is 0 Å². The van der Waals surface area contributed by atoms with E-state index in [4.69, 9.17) is 96.5 Å². The molecule has 0 unspecified atom stereocenters. The Bertz CT molecular complexity index is 1600. The van der Waals surface area contributed by atoms with Gasteiger partial charge in [-0.15, -0.1) is 0 Å². The molecule has 0 saturated heterocycles. The molecular formula is C59H114N4O26. The van der Waals surface area contributed by atoms with Gasteiger partial charge in [-0.05, 0) is 75.2 Å². The number of rotatable bonds is 58. The molecule has 0 atom stereocenters. The number of aliphatic carboxylic acids is 2. The third-order valence-electron chi connectivity index (χ3n) is 9.76. The highest BCUT2D eigenvalue weighted by molar-refractivity contribution is 5.78. The van der Waals surface area contributed by atoms with Crippen LogP contribution in [0.25, 0.3) is 0 Å². The Hall–Kier alpha value is -4.51. The summed E-state index contributed by atoms with van der Waals surface area (Å²) in [5.74, 6) is -1.99. The highest BCUT2D eigenvalue weighted by atomic mass is 16.6. The van der Waals surface area contributed by atoms with E-state index in [1.807, 2.05) is 41.5 Å². The van der Waals surface area contributed by atoms with Crippen LogP contribution in [0.4, 0.5) is 9.59 Å². The van der Waals surface area contributed by atoms with E-state index in [9.17, 15) is 33.6 Å². The lowest BCUT2D eigenvalue weighted by molar-refractivity contribution is -0.155. The number of alkyl carbamates (subject to hydrolysis) is 2. The molecule has 0 rings (SSSR count). The summed E-state index contributed by atoms with van der Waals surface area (Å²) in [7, 11) is 0. The zero-order chi connectivity index (χ0) is 67.0. The van der Waals surface area contributed by atoms with Crippen molar-refractivity contribution in [2.75, 3.05) is 211 Å². The standard InChI is InChI=1S/C36H68N2O14.C12H22O8.C11H24N2O4/c1-35(2,3)51-33(41)10-8-16-44-22-25-47-19-13-37-32(40)12-18-46-24-28-50-30-29-49-27-23-45-17-11-31(39)9-7-15-43-21-26-48-20-14-38-34(42)52-36(4,5)6;13-11(14)1-3-17-5-7-19-9-10-20-8-6-18-4-2-12(15)16;1-11(2,3)17-10(14)13-5-7-16-9-8-15-6-4-12/h7-30H2,1-6H3,(H,37,40)(H,38,42);1-10H2,(H,13,14)(H,15,16);4-9,12H2,1-3H3,(H,13,14). The third-order valence-corrected chi connectivity index (χ3v) is 9.76. The Morgan fingerprint density at radius 3 is 0.899 bits per heavy atom. The van der Waals surface area contributed by atoms with Gasteiger partial charge in [0.2, 0.25) is 5.91 Å². The second kappa shape index (κ2) is 63.6. The van der Waals surface area contributed by atoms with Crippen LogP contribution in [0.3, 0.4) is 0 Å². The van der Waals surface area contributed by atoms with E-state index in [1.54, 1.807) is 20.8 Å². The predicted molar refractivity (Wildman–Crippen MR) is 325 cm³/mol. The Morgan fingerprint density at radius 2 is 0.573 bits per heavy atom. The number of nitrogens with two attached hydrogens (primary N) is 1. The topological polar surface area (TPSA) is 379 Å². The molecule has 0 saturated carbocycles. The molecule has 0 radical (unpaired) electrons. The first-order valence-electron chi connectivity index (χ1n) is 30.5. The number of carbonyl (C=O) groups is 7. The van der Waals surface area contributed by atoms with Crippen LogP contribution in [0.5, 0.6) is 0 Å². The molecular weight excluding hydrogens is 1180 g/mol. The van der Waals surface area contributed by atoms with Crippen molar-refractivity contribution in [3.05, 3.63) is 0 Å². The normalized spacial score (nSPS) is 11.4. The van der Waals surface area contributed by atoms with Crippen LogP contribution in [0, 0.1) is 0 Å². The van der Waals surface area contributed by atoms with E-state index < -0.39 is 40.9 Å². The van der Waals surface area contributed by atoms with Crippen LogP contribution in [0.15, 0.2) is 0 Å². The number of hydrogen-bond acceptors (Lipinski definition) is 25. The smallest absolute Gasteiger partial charge is 0.407 e. The Kier molecular flexibility index (Phi) is 63.4. The summed E-state index contributed by atoms with van der Waals surface area (Å²) in [5.41, 5.74) is 3.77. The number of ether oxygens (including phenoxy) is 17. The second-order valence-corrected chi connectivity index (χ2v) is 21.7. The van der Waals surface area contributed by atoms with Crippen molar-refractivity contribution in [2.24, 2.45) is 5.73 Å². The van der Waals surface area contributed by atoms with Gasteiger partial charge in [-0.25, -0.2) is 9.59 Å². The summed E-state index contributed by atoms with van der Waals surface area (Å²) < 4.78 is 89.7. The van der Waals surface area contributed by atoms with Gasteiger partial charge < -0.3 is 112 Å². The van der Waals surface area contributed by atoms with Gasteiger partial charge in [0.15, 0.2) is 0 Å². The Morgan fingerprint density at radius 1 is 0.303 bits per heavy atom.